The molecule has 0 bridgehead atoms. The standard InChI is InChI=1S/C25H28N2/c1-3-5-13-21(12-4-2)22-18-25(20-26-19-22)27(23-14-8-6-9-15-23)24-16-10-7-11-17-24/h6-11,13-20H,3-5,12H2,1-2H3/b21-13+. The first-order valence-corrected chi connectivity index (χ1v) is 9.88. The first-order chi connectivity index (χ1) is 13.3. The second-order valence-corrected chi connectivity index (χ2v) is 6.71. The van der Waals surface area contributed by atoms with Crippen LogP contribution in [0.25, 0.3) is 5.57 Å². The fourth-order valence-corrected chi connectivity index (χ4v) is 3.28. The molecular weight excluding hydrogens is 328 g/mol. The summed E-state index contributed by atoms with van der Waals surface area (Å²) in [6.45, 7) is 4.46. The van der Waals surface area contributed by atoms with Crippen LogP contribution in [0.1, 0.15) is 45.1 Å². The van der Waals surface area contributed by atoms with Crippen molar-refractivity contribution in [3.8, 4) is 0 Å². The number of pyridine rings is 1. The van der Waals surface area contributed by atoms with Crippen LogP contribution in [0.15, 0.2) is 85.2 Å². The van der Waals surface area contributed by atoms with Crippen LogP contribution >= 0.6 is 0 Å². The molecule has 0 unspecified atom stereocenters. The minimum atomic E-state index is 1.09. The van der Waals surface area contributed by atoms with Crippen LogP contribution in [0, 0.1) is 0 Å². The van der Waals surface area contributed by atoms with Gasteiger partial charge < -0.3 is 4.90 Å². The molecule has 3 aromatic rings. The second kappa shape index (κ2) is 9.72. The molecule has 2 heteroatoms. The maximum atomic E-state index is 4.59. The molecule has 0 saturated carbocycles. The number of aromatic nitrogens is 1. The fraction of sp³-hybridized carbons (Fsp3) is 0.240. The van der Waals surface area contributed by atoms with Crippen molar-refractivity contribution in [1.82, 2.24) is 4.98 Å². The van der Waals surface area contributed by atoms with Crippen LogP contribution in [-0.2, 0) is 0 Å². The number of para-hydroxylation sites is 2. The highest BCUT2D eigenvalue weighted by atomic mass is 15.1. The van der Waals surface area contributed by atoms with Gasteiger partial charge in [0.2, 0.25) is 0 Å². The summed E-state index contributed by atoms with van der Waals surface area (Å²) >= 11 is 0. The Morgan fingerprint density at radius 2 is 1.44 bits per heavy atom. The van der Waals surface area contributed by atoms with Gasteiger partial charge in [0.05, 0.1) is 11.9 Å². The van der Waals surface area contributed by atoms with Gasteiger partial charge in [0.15, 0.2) is 0 Å². The number of rotatable bonds is 8. The Morgan fingerprint density at radius 1 is 0.815 bits per heavy atom. The molecule has 0 fully saturated rings. The van der Waals surface area contributed by atoms with Crippen molar-refractivity contribution in [2.45, 2.75) is 39.5 Å². The maximum Gasteiger partial charge on any atom is 0.0651 e. The normalized spacial score (nSPS) is 11.4. The highest BCUT2D eigenvalue weighted by Gasteiger charge is 2.13. The average molecular weight is 357 g/mol. The summed E-state index contributed by atoms with van der Waals surface area (Å²) in [5.74, 6) is 0. The molecule has 0 N–H and O–H groups in total. The van der Waals surface area contributed by atoms with Crippen LogP contribution in [0.4, 0.5) is 17.1 Å². The number of benzene rings is 2. The topological polar surface area (TPSA) is 16.1 Å². The lowest BCUT2D eigenvalue weighted by molar-refractivity contribution is 0.932. The summed E-state index contributed by atoms with van der Waals surface area (Å²) in [6, 6.07) is 23.2. The van der Waals surface area contributed by atoms with E-state index in [9.17, 15) is 0 Å². The molecule has 0 spiro atoms. The van der Waals surface area contributed by atoms with Gasteiger partial charge in [-0.05, 0) is 54.3 Å². The van der Waals surface area contributed by atoms with Crippen molar-refractivity contribution in [1.29, 1.82) is 0 Å². The number of hydrogen-bond acceptors (Lipinski definition) is 2. The SMILES string of the molecule is CCC/C=C(\CCC)c1cncc(N(c2ccccc2)c2ccccc2)c1. The monoisotopic (exact) mass is 356 g/mol. The van der Waals surface area contributed by atoms with E-state index in [-0.39, 0.29) is 0 Å². The maximum absolute atomic E-state index is 4.59. The molecule has 3 rings (SSSR count). The summed E-state index contributed by atoms with van der Waals surface area (Å²) in [6.07, 6.45) is 10.8. The Balaban J connectivity index is 2.06. The third kappa shape index (κ3) is 4.85. The van der Waals surface area contributed by atoms with E-state index in [4.69, 9.17) is 0 Å². The molecule has 0 aliphatic carbocycles. The largest absolute Gasteiger partial charge is 0.309 e. The third-order valence-corrected chi connectivity index (χ3v) is 4.58. The van der Waals surface area contributed by atoms with Crippen molar-refractivity contribution in [2.75, 3.05) is 4.90 Å². The molecule has 0 radical (unpaired) electrons. The zero-order valence-electron chi connectivity index (χ0n) is 16.3. The lowest BCUT2D eigenvalue weighted by Gasteiger charge is -2.25. The Hall–Kier alpha value is -2.87. The molecule has 0 aliphatic heterocycles. The first kappa shape index (κ1) is 18.9. The molecule has 1 heterocycles. The van der Waals surface area contributed by atoms with E-state index in [0.29, 0.717) is 0 Å². The molecule has 0 saturated heterocycles. The molecule has 2 nitrogen and oxygen atoms in total. The first-order valence-electron chi connectivity index (χ1n) is 9.88. The Morgan fingerprint density at radius 3 is 2.00 bits per heavy atom. The van der Waals surface area contributed by atoms with Crippen LogP contribution < -0.4 is 4.90 Å². The van der Waals surface area contributed by atoms with E-state index in [0.717, 1.165) is 36.3 Å². The predicted molar refractivity (Wildman–Crippen MR) is 117 cm³/mol. The zero-order chi connectivity index (χ0) is 18.9. The van der Waals surface area contributed by atoms with Crippen molar-refractivity contribution in [3.05, 3.63) is 90.8 Å². The van der Waals surface area contributed by atoms with Crippen molar-refractivity contribution in [2.24, 2.45) is 0 Å². The van der Waals surface area contributed by atoms with Crippen LogP contribution in [0.3, 0.4) is 0 Å². The van der Waals surface area contributed by atoms with E-state index in [1.807, 2.05) is 24.5 Å². The highest BCUT2D eigenvalue weighted by molar-refractivity contribution is 5.78. The smallest absolute Gasteiger partial charge is 0.0651 e. The number of allylic oxidation sites excluding steroid dienone is 2. The summed E-state index contributed by atoms with van der Waals surface area (Å²) in [5, 5.41) is 0. The van der Waals surface area contributed by atoms with E-state index >= 15 is 0 Å². The van der Waals surface area contributed by atoms with E-state index < -0.39 is 0 Å². The average Bonchev–Trinajstić information content (AvgIpc) is 2.73. The van der Waals surface area contributed by atoms with Gasteiger partial charge >= 0.3 is 0 Å². The number of nitrogens with zero attached hydrogens (tertiary/aromatic N) is 2. The third-order valence-electron chi connectivity index (χ3n) is 4.58. The van der Waals surface area contributed by atoms with E-state index in [2.05, 4.69) is 84.4 Å². The molecule has 1 aromatic heterocycles. The zero-order valence-corrected chi connectivity index (χ0v) is 16.3. The van der Waals surface area contributed by atoms with Gasteiger partial charge in [-0.2, -0.15) is 0 Å². The van der Waals surface area contributed by atoms with Gasteiger partial charge in [0, 0.05) is 17.6 Å². The van der Waals surface area contributed by atoms with Crippen LogP contribution in [0.5, 0.6) is 0 Å². The highest BCUT2D eigenvalue weighted by Crippen LogP contribution is 2.35. The molecule has 27 heavy (non-hydrogen) atoms. The minimum absolute atomic E-state index is 1.09. The summed E-state index contributed by atoms with van der Waals surface area (Å²) in [4.78, 5) is 6.85. The van der Waals surface area contributed by atoms with Gasteiger partial charge in [0.1, 0.15) is 0 Å². The van der Waals surface area contributed by atoms with Gasteiger partial charge in [-0.1, -0.05) is 69.2 Å². The number of hydrogen-bond donors (Lipinski definition) is 0. The van der Waals surface area contributed by atoms with Gasteiger partial charge in [-0.15, -0.1) is 0 Å². The summed E-state index contributed by atoms with van der Waals surface area (Å²) in [7, 11) is 0. The van der Waals surface area contributed by atoms with E-state index in [1.165, 1.54) is 17.6 Å². The Labute approximate surface area is 163 Å². The van der Waals surface area contributed by atoms with Gasteiger partial charge in [-0.25, -0.2) is 0 Å². The lowest BCUT2D eigenvalue weighted by atomic mass is 10.0. The van der Waals surface area contributed by atoms with Crippen molar-refractivity contribution < 1.29 is 0 Å². The molecule has 0 aliphatic rings. The fourth-order valence-electron chi connectivity index (χ4n) is 3.28. The second-order valence-electron chi connectivity index (χ2n) is 6.71. The predicted octanol–water partition coefficient (Wildman–Crippen LogP) is 7.54. The summed E-state index contributed by atoms with van der Waals surface area (Å²) < 4.78 is 0. The Kier molecular flexibility index (Phi) is 6.81. The quantitative estimate of drug-likeness (QED) is 0.414. The van der Waals surface area contributed by atoms with Crippen LogP contribution in [-0.4, -0.2) is 4.98 Å². The van der Waals surface area contributed by atoms with Gasteiger partial charge in [-0.3, -0.25) is 4.98 Å². The number of unbranched alkanes of at least 4 members (excludes halogenated alkanes) is 1. The van der Waals surface area contributed by atoms with Crippen LogP contribution in [0.2, 0.25) is 0 Å². The molecular formula is C25H28N2. The Bertz CT molecular complexity index is 814. The lowest BCUT2D eigenvalue weighted by Crippen LogP contribution is -2.10. The van der Waals surface area contributed by atoms with Crippen molar-refractivity contribution >= 4 is 22.6 Å². The molecule has 0 amide bonds. The van der Waals surface area contributed by atoms with Gasteiger partial charge in [0.25, 0.3) is 0 Å². The molecule has 2 aromatic carbocycles. The van der Waals surface area contributed by atoms with Crippen molar-refractivity contribution in [3.63, 3.8) is 0 Å². The van der Waals surface area contributed by atoms with E-state index in [1.54, 1.807) is 0 Å². The number of anilines is 3. The molecule has 0 atom stereocenters. The summed E-state index contributed by atoms with van der Waals surface area (Å²) in [5.41, 5.74) is 5.98. The minimum Gasteiger partial charge on any atom is -0.309 e. The molecule has 138 valence electrons.